The summed E-state index contributed by atoms with van der Waals surface area (Å²) in [4.78, 5) is 14.9. The van der Waals surface area contributed by atoms with Crippen molar-refractivity contribution in [1.29, 1.82) is 0 Å². The molecule has 4 heteroatoms. The predicted molar refractivity (Wildman–Crippen MR) is 114 cm³/mol. The molecule has 0 atom stereocenters. The maximum atomic E-state index is 12.3. The largest absolute Gasteiger partial charge is 0.382 e. The summed E-state index contributed by atoms with van der Waals surface area (Å²) in [5, 5.41) is 3.09. The normalized spacial score (nSPS) is 24.2. The van der Waals surface area contributed by atoms with E-state index in [9.17, 15) is 4.79 Å². The van der Waals surface area contributed by atoms with Gasteiger partial charge in [-0.15, -0.1) is 0 Å². The number of nitrogens with zero attached hydrogens (tertiary/aromatic N) is 1. The van der Waals surface area contributed by atoms with Crippen LogP contribution in [-0.2, 0) is 9.53 Å². The molecule has 1 amide bonds. The number of hydrogen-bond acceptors (Lipinski definition) is 3. The van der Waals surface area contributed by atoms with Crippen LogP contribution in [0.15, 0.2) is 30.3 Å². The first-order valence-electron chi connectivity index (χ1n) is 11.4. The number of ether oxygens (including phenoxy) is 1. The number of carbonyl (C=O) groups excluding carboxylic acids is 1. The third-order valence-corrected chi connectivity index (χ3v) is 6.56. The molecule has 3 rings (SSSR count). The van der Waals surface area contributed by atoms with Crippen molar-refractivity contribution in [3.05, 3.63) is 35.9 Å². The van der Waals surface area contributed by atoms with Crippen LogP contribution in [0, 0.1) is 11.8 Å². The van der Waals surface area contributed by atoms with Crippen LogP contribution >= 0.6 is 0 Å². The molecule has 0 radical (unpaired) electrons. The summed E-state index contributed by atoms with van der Waals surface area (Å²) in [5.41, 5.74) is 1.52. The summed E-state index contributed by atoms with van der Waals surface area (Å²) in [5.74, 6) is 2.05. The van der Waals surface area contributed by atoms with Crippen LogP contribution < -0.4 is 5.32 Å². The lowest BCUT2D eigenvalue weighted by molar-refractivity contribution is -0.126. The van der Waals surface area contributed by atoms with Gasteiger partial charge in [0.25, 0.3) is 0 Å². The standard InChI is InChI=1S/C24H38N2O2/c1-2-28-18-6-15-25-24(27)23-13-16-26(17-14-23)19-20-9-11-22(12-10-20)21-7-4-3-5-8-21/h3-5,7-8,20,22-23H,2,6,9-19H2,1H3,(H,25,27). The Morgan fingerprint density at radius 2 is 1.79 bits per heavy atom. The molecular formula is C24H38N2O2. The Bertz CT molecular complexity index is 561. The minimum Gasteiger partial charge on any atom is -0.382 e. The monoisotopic (exact) mass is 386 g/mol. The van der Waals surface area contributed by atoms with Gasteiger partial charge in [-0.25, -0.2) is 0 Å². The van der Waals surface area contributed by atoms with Crippen LogP contribution in [0.25, 0.3) is 0 Å². The lowest BCUT2D eigenvalue weighted by atomic mass is 9.78. The summed E-state index contributed by atoms with van der Waals surface area (Å²) in [6, 6.07) is 11.0. The highest BCUT2D eigenvalue weighted by molar-refractivity contribution is 5.78. The van der Waals surface area contributed by atoms with E-state index < -0.39 is 0 Å². The highest BCUT2D eigenvalue weighted by Crippen LogP contribution is 2.36. The van der Waals surface area contributed by atoms with Crippen molar-refractivity contribution in [3.63, 3.8) is 0 Å². The van der Waals surface area contributed by atoms with E-state index in [0.29, 0.717) is 0 Å². The van der Waals surface area contributed by atoms with Crippen molar-refractivity contribution in [2.24, 2.45) is 11.8 Å². The van der Waals surface area contributed by atoms with Crippen molar-refractivity contribution in [2.75, 3.05) is 39.4 Å². The average Bonchev–Trinajstić information content (AvgIpc) is 2.75. The maximum Gasteiger partial charge on any atom is 0.223 e. The van der Waals surface area contributed by atoms with Gasteiger partial charge in [0.1, 0.15) is 0 Å². The molecule has 1 aliphatic heterocycles. The number of hydrogen-bond donors (Lipinski definition) is 1. The SMILES string of the molecule is CCOCCCNC(=O)C1CCN(CC2CCC(c3ccccc3)CC2)CC1. The molecule has 1 N–H and O–H groups in total. The molecule has 1 aromatic rings. The van der Waals surface area contributed by atoms with Gasteiger partial charge in [-0.3, -0.25) is 4.79 Å². The molecule has 1 heterocycles. The zero-order valence-electron chi connectivity index (χ0n) is 17.6. The van der Waals surface area contributed by atoms with E-state index in [0.717, 1.165) is 63.9 Å². The lowest BCUT2D eigenvalue weighted by Gasteiger charge is -2.36. The van der Waals surface area contributed by atoms with Crippen LogP contribution in [0.1, 0.15) is 63.4 Å². The van der Waals surface area contributed by atoms with Gasteiger partial charge in [-0.1, -0.05) is 30.3 Å². The van der Waals surface area contributed by atoms with E-state index in [1.165, 1.54) is 37.8 Å². The molecule has 1 aromatic carbocycles. The number of amides is 1. The highest BCUT2D eigenvalue weighted by atomic mass is 16.5. The number of carbonyl (C=O) groups is 1. The Morgan fingerprint density at radius 3 is 2.46 bits per heavy atom. The van der Waals surface area contributed by atoms with Gasteiger partial charge in [0, 0.05) is 32.2 Å². The van der Waals surface area contributed by atoms with E-state index >= 15 is 0 Å². The topological polar surface area (TPSA) is 41.6 Å². The first-order valence-corrected chi connectivity index (χ1v) is 11.4. The first kappa shape index (κ1) is 21.3. The number of nitrogens with one attached hydrogen (secondary N) is 1. The van der Waals surface area contributed by atoms with E-state index in [4.69, 9.17) is 4.74 Å². The summed E-state index contributed by atoms with van der Waals surface area (Å²) in [7, 11) is 0. The van der Waals surface area contributed by atoms with E-state index in [-0.39, 0.29) is 11.8 Å². The van der Waals surface area contributed by atoms with Crippen LogP contribution in [0.4, 0.5) is 0 Å². The minimum atomic E-state index is 0.206. The van der Waals surface area contributed by atoms with E-state index in [1.54, 1.807) is 0 Å². The molecular weight excluding hydrogens is 348 g/mol. The molecule has 0 bridgehead atoms. The molecule has 1 saturated carbocycles. The van der Waals surface area contributed by atoms with Crippen molar-refractivity contribution < 1.29 is 9.53 Å². The Morgan fingerprint density at radius 1 is 1.07 bits per heavy atom. The van der Waals surface area contributed by atoms with Crippen molar-refractivity contribution in [3.8, 4) is 0 Å². The third kappa shape index (κ3) is 6.59. The average molecular weight is 387 g/mol. The van der Waals surface area contributed by atoms with Crippen LogP contribution in [0.3, 0.4) is 0 Å². The Hall–Kier alpha value is -1.39. The molecule has 0 spiro atoms. The molecule has 0 unspecified atom stereocenters. The molecule has 1 aliphatic carbocycles. The second-order valence-corrected chi connectivity index (χ2v) is 8.54. The number of benzene rings is 1. The molecule has 156 valence electrons. The fraction of sp³-hybridized carbons (Fsp3) is 0.708. The van der Waals surface area contributed by atoms with E-state index in [1.807, 2.05) is 6.92 Å². The lowest BCUT2D eigenvalue weighted by Crippen LogP contribution is -2.42. The number of rotatable bonds is 9. The molecule has 28 heavy (non-hydrogen) atoms. The quantitative estimate of drug-likeness (QED) is 0.646. The zero-order valence-corrected chi connectivity index (χ0v) is 17.6. The van der Waals surface area contributed by atoms with Gasteiger partial charge < -0.3 is 15.0 Å². The highest BCUT2D eigenvalue weighted by Gasteiger charge is 2.28. The Kier molecular flexibility index (Phi) is 8.81. The van der Waals surface area contributed by atoms with Crippen molar-refractivity contribution in [2.45, 2.75) is 57.8 Å². The fourth-order valence-corrected chi connectivity index (χ4v) is 4.82. The molecule has 2 fully saturated rings. The number of likely N-dealkylation sites (tertiary alicyclic amines) is 1. The second kappa shape index (κ2) is 11.6. The summed E-state index contributed by atoms with van der Waals surface area (Å²) in [6.07, 6.45) is 8.28. The van der Waals surface area contributed by atoms with Gasteiger partial charge in [0.2, 0.25) is 5.91 Å². The summed E-state index contributed by atoms with van der Waals surface area (Å²) < 4.78 is 5.32. The molecule has 0 aromatic heterocycles. The van der Waals surface area contributed by atoms with Gasteiger partial charge in [0.05, 0.1) is 0 Å². The van der Waals surface area contributed by atoms with Crippen LogP contribution in [-0.4, -0.2) is 50.2 Å². The molecule has 1 saturated heterocycles. The second-order valence-electron chi connectivity index (χ2n) is 8.54. The summed E-state index contributed by atoms with van der Waals surface area (Å²) >= 11 is 0. The Labute approximate surface area is 171 Å². The van der Waals surface area contributed by atoms with Crippen LogP contribution in [0.5, 0.6) is 0 Å². The fourth-order valence-electron chi connectivity index (χ4n) is 4.82. The predicted octanol–water partition coefficient (Wildman–Crippen LogP) is 4.22. The van der Waals surface area contributed by atoms with E-state index in [2.05, 4.69) is 40.5 Å². The third-order valence-electron chi connectivity index (χ3n) is 6.56. The maximum absolute atomic E-state index is 12.3. The smallest absolute Gasteiger partial charge is 0.223 e. The Balaban J connectivity index is 1.30. The number of piperidine rings is 1. The van der Waals surface area contributed by atoms with Gasteiger partial charge >= 0.3 is 0 Å². The summed E-state index contributed by atoms with van der Waals surface area (Å²) in [6.45, 7) is 7.61. The zero-order chi connectivity index (χ0) is 19.6. The van der Waals surface area contributed by atoms with Gasteiger partial charge in [-0.2, -0.15) is 0 Å². The van der Waals surface area contributed by atoms with Crippen LogP contribution in [0.2, 0.25) is 0 Å². The molecule has 4 nitrogen and oxygen atoms in total. The molecule has 2 aliphatic rings. The minimum absolute atomic E-state index is 0.206. The van der Waals surface area contributed by atoms with Crippen molar-refractivity contribution >= 4 is 5.91 Å². The first-order chi connectivity index (χ1) is 13.8. The van der Waals surface area contributed by atoms with Gasteiger partial charge in [-0.05, 0) is 82.4 Å². The van der Waals surface area contributed by atoms with Gasteiger partial charge in [0.15, 0.2) is 0 Å². The van der Waals surface area contributed by atoms with Crippen molar-refractivity contribution in [1.82, 2.24) is 10.2 Å².